The smallest absolute Gasteiger partial charge is 0.157 e. The van der Waals surface area contributed by atoms with Gasteiger partial charge in [0.05, 0.1) is 5.69 Å². The third-order valence-corrected chi connectivity index (χ3v) is 5.59. The Morgan fingerprint density at radius 2 is 1.43 bits per heavy atom. The Labute approximate surface area is 168 Å². The maximum absolute atomic E-state index is 15.8. The molecule has 3 heteroatoms. The van der Waals surface area contributed by atoms with Gasteiger partial charge in [-0.1, -0.05) is 78.3 Å². The van der Waals surface area contributed by atoms with Crippen molar-refractivity contribution in [3.05, 3.63) is 101 Å². The summed E-state index contributed by atoms with van der Waals surface area (Å²) in [7, 11) is 0. The van der Waals surface area contributed by atoms with E-state index in [1.807, 2.05) is 66.7 Å². The van der Waals surface area contributed by atoms with Crippen LogP contribution in [-0.4, -0.2) is 4.98 Å². The molecule has 0 radical (unpaired) electrons. The fraction of sp³-hybridized carbons (Fsp3) is 0.0800. The second-order valence-corrected chi connectivity index (χ2v) is 7.44. The van der Waals surface area contributed by atoms with Crippen LogP contribution in [0.5, 0.6) is 0 Å². The van der Waals surface area contributed by atoms with E-state index in [0.29, 0.717) is 16.3 Å². The van der Waals surface area contributed by atoms with Crippen LogP contribution in [0.3, 0.4) is 0 Å². The lowest BCUT2D eigenvalue weighted by molar-refractivity contribution is 0.626. The summed E-state index contributed by atoms with van der Waals surface area (Å²) in [5.41, 5.74) is 6.84. The monoisotopic (exact) mass is 385 g/mol. The SMILES string of the molecule is Fc1c(-c2ccccc2)nc2c(c1-c1ccc(Cl)cc1)CCc1ccccc1-2. The van der Waals surface area contributed by atoms with Crippen molar-refractivity contribution >= 4 is 11.6 Å². The van der Waals surface area contributed by atoms with Gasteiger partial charge in [0.25, 0.3) is 0 Å². The molecule has 0 bridgehead atoms. The highest BCUT2D eigenvalue weighted by atomic mass is 35.5. The lowest BCUT2D eigenvalue weighted by Gasteiger charge is -2.24. The predicted molar refractivity (Wildman–Crippen MR) is 113 cm³/mol. The van der Waals surface area contributed by atoms with Crippen LogP contribution >= 0.6 is 11.6 Å². The molecule has 1 heterocycles. The highest BCUT2D eigenvalue weighted by Gasteiger charge is 2.26. The van der Waals surface area contributed by atoms with E-state index in [1.54, 1.807) is 0 Å². The molecule has 0 saturated carbocycles. The standard InChI is InChI=1S/C25H17ClFN/c26-19-13-10-17(11-14-19)22-21-15-12-16-6-4-5-9-20(16)25(21)28-24(23(22)27)18-7-2-1-3-8-18/h1-11,13-14H,12,15H2. The summed E-state index contributed by atoms with van der Waals surface area (Å²) in [6.07, 6.45) is 1.65. The normalized spacial score (nSPS) is 12.4. The van der Waals surface area contributed by atoms with E-state index in [1.165, 1.54) is 5.56 Å². The van der Waals surface area contributed by atoms with Crippen molar-refractivity contribution in [2.45, 2.75) is 12.8 Å². The molecule has 0 spiro atoms. The third kappa shape index (κ3) is 2.81. The van der Waals surface area contributed by atoms with Crippen molar-refractivity contribution in [2.24, 2.45) is 0 Å². The molecule has 28 heavy (non-hydrogen) atoms. The van der Waals surface area contributed by atoms with Gasteiger partial charge in [-0.15, -0.1) is 0 Å². The van der Waals surface area contributed by atoms with E-state index in [9.17, 15) is 0 Å². The molecule has 1 aliphatic rings. The van der Waals surface area contributed by atoms with E-state index < -0.39 is 0 Å². The summed E-state index contributed by atoms with van der Waals surface area (Å²) in [5, 5.41) is 0.640. The first-order valence-corrected chi connectivity index (χ1v) is 9.72. The fourth-order valence-corrected chi connectivity index (χ4v) is 4.12. The quantitative estimate of drug-likeness (QED) is 0.363. The molecular formula is C25H17ClFN. The van der Waals surface area contributed by atoms with Crippen LogP contribution in [0.1, 0.15) is 11.1 Å². The van der Waals surface area contributed by atoms with Gasteiger partial charge < -0.3 is 0 Å². The minimum atomic E-state index is -0.272. The van der Waals surface area contributed by atoms with Crippen LogP contribution in [0, 0.1) is 5.82 Å². The molecule has 1 aromatic heterocycles. The first-order chi connectivity index (χ1) is 13.7. The van der Waals surface area contributed by atoms with Gasteiger partial charge in [-0.2, -0.15) is 0 Å². The van der Waals surface area contributed by atoms with E-state index in [2.05, 4.69) is 12.1 Å². The number of pyridine rings is 1. The summed E-state index contributed by atoms with van der Waals surface area (Å²) in [6, 6.07) is 25.2. The average molecular weight is 386 g/mol. The second kappa shape index (κ2) is 6.88. The number of benzene rings is 3. The number of halogens is 2. The van der Waals surface area contributed by atoms with Gasteiger partial charge in [0.2, 0.25) is 0 Å². The predicted octanol–water partition coefficient (Wildman–Crippen LogP) is 6.97. The zero-order valence-electron chi connectivity index (χ0n) is 15.1. The van der Waals surface area contributed by atoms with Crippen molar-refractivity contribution in [2.75, 3.05) is 0 Å². The number of nitrogens with zero attached hydrogens (tertiary/aromatic N) is 1. The molecule has 0 aliphatic heterocycles. The van der Waals surface area contributed by atoms with Crippen LogP contribution < -0.4 is 0 Å². The van der Waals surface area contributed by atoms with Crippen molar-refractivity contribution in [1.82, 2.24) is 4.98 Å². The van der Waals surface area contributed by atoms with E-state index in [-0.39, 0.29) is 5.82 Å². The maximum Gasteiger partial charge on any atom is 0.157 e. The Hall–Kier alpha value is -2.97. The van der Waals surface area contributed by atoms with Crippen LogP contribution in [0.25, 0.3) is 33.6 Å². The minimum Gasteiger partial charge on any atom is -0.244 e. The third-order valence-electron chi connectivity index (χ3n) is 5.34. The van der Waals surface area contributed by atoms with Gasteiger partial charge in [-0.05, 0) is 41.7 Å². The van der Waals surface area contributed by atoms with Gasteiger partial charge in [0, 0.05) is 21.7 Å². The Kier molecular flexibility index (Phi) is 4.22. The minimum absolute atomic E-state index is 0.272. The van der Waals surface area contributed by atoms with Crippen molar-refractivity contribution in [1.29, 1.82) is 0 Å². The number of aromatic nitrogens is 1. The summed E-state index contributed by atoms with van der Waals surface area (Å²) in [6.45, 7) is 0. The number of fused-ring (bicyclic) bond motifs is 3. The summed E-state index contributed by atoms with van der Waals surface area (Å²) >= 11 is 6.07. The van der Waals surface area contributed by atoms with E-state index in [4.69, 9.17) is 16.6 Å². The first-order valence-electron chi connectivity index (χ1n) is 9.34. The highest BCUT2D eigenvalue weighted by molar-refractivity contribution is 6.30. The molecule has 136 valence electrons. The fourth-order valence-electron chi connectivity index (χ4n) is 4.00. The Balaban J connectivity index is 1.85. The zero-order chi connectivity index (χ0) is 19.1. The topological polar surface area (TPSA) is 12.9 Å². The van der Waals surface area contributed by atoms with Gasteiger partial charge in [-0.3, -0.25) is 0 Å². The van der Waals surface area contributed by atoms with Gasteiger partial charge in [-0.25, -0.2) is 9.37 Å². The van der Waals surface area contributed by atoms with Crippen LogP contribution in [0.15, 0.2) is 78.9 Å². The van der Waals surface area contributed by atoms with Gasteiger partial charge in [0.15, 0.2) is 5.82 Å². The Morgan fingerprint density at radius 1 is 0.714 bits per heavy atom. The summed E-state index contributed by atoms with van der Waals surface area (Å²) in [5.74, 6) is -0.272. The summed E-state index contributed by atoms with van der Waals surface area (Å²) in [4.78, 5) is 4.83. The van der Waals surface area contributed by atoms with Crippen molar-refractivity contribution in [3.63, 3.8) is 0 Å². The number of hydrogen-bond donors (Lipinski definition) is 0. The average Bonchev–Trinajstić information content (AvgIpc) is 2.74. The molecule has 0 N–H and O–H groups in total. The Morgan fingerprint density at radius 3 is 2.21 bits per heavy atom. The van der Waals surface area contributed by atoms with Crippen LogP contribution in [-0.2, 0) is 12.8 Å². The van der Waals surface area contributed by atoms with Crippen molar-refractivity contribution in [3.8, 4) is 33.6 Å². The van der Waals surface area contributed by atoms with Crippen LogP contribution in [0.4, 0.5) is 4.39 Å². The van der Waals surface area contributed by atoms with Crippen LogP contribution in [0.2, 0.25) is 5.02 Å². The Bertz CT molecular complexity index is 1170. The molecule has 0 fully saturated rings. The molecule has 1 aliphatic carbocycles. The second-order valence-electron chi connectivity index (χ2n) is 7.01. The molecule has 0 saturated heterocycles. The van der Waals surface area contributed by atoms with E-state index >= 15 is 4.39 Å². The highest BCUT2D eigenvalue weighted by Crippen LogP contribution is 2.42. The number of hydrogen-bond acceptors (Lipinski definition) is 1. The van der Waals surface area contributed by atoms with Gasteiger partial charge >= 0.3 is 0 Å². The molecular weight excluding hydrogens is 369 g/mol. The van der Waals surface area contributed by atoms with Gasteiger partial charge in [0.1, 0.15) is 5.69 Å². The molecule has 1 nitrogen and oxygen atoms in total. The largest absolute Gasteiger partial charge is 0.244 e. The van der Waals surface area contributed by atoms with E-state index in [0.717, 1.165) is 40.8 Å². The molecule has 5 rings (SSSR count). The number of rotatable bonds is 2. The zero-order valence-corrected chi connectivity index (χ0v) is 15.9. The van der Waals surface area contributed by atoms with Crippen molar-refractivity contribution < 1.29 is 4.39 Å². The molecule has 0 amide bonds. The maximum atomic E-state index is 15.8. The molecule has 3 aromatic carbocycles. The first kappa shape index (κ1) is 17.2. The molecule has 4 aromatic rings. The molecule has 0 unspecified atom stereocenters. The summed E-state index contributed by atoms with van der Waals surface area (Å²) < 4.78 is 15.8. The number of aryl methyl sites for hydroxylation is 1. The lowest BCUT2D eigenvalue weighted by Crippen LogP contribution is -2.10. The lowest BCUT2D eigenvalue weighted by atomic mass is 9.84. The molecule has 0 atom stereocenters.